The fraction of sp³-hybridized carbons (Fsp3) is 0.250. The molecule has 0 aliphatic heterocycles. The summed E-state index contributed by atoms with van der Waals surface area (Å²) in [5.74, 6) is 0. The van der Waals surface area contributed by atoms with Gasteiger partial charge in [-0.15, -0.1) is 0 Å². The molecule has 0 aliphatic carbocycles. The summed E-state index contributed by atoms with van der Waals surface area (Å²) in [5.41, 5.74) is -2.60. The zero-order valence-corrected chi connectivity index (χ0v) is 8.85. The van der Waals surface area contributed by atoms with E-state index < -0.39 is 25.4 Å². The molecule has 0 saturated heterocycles. The Balaban J connectivity index is 2.69. The summed E-state index contributed by atoms with van der Waals surface area (Å²) >= 11 is 3.46. The molecule has 0 saturated carbocycles. The van der Waals surface area contributed by atoms with Crippen LogP contribution in [0.3, 0.4) is 0 Å². The van der Waals surface area contributed by atoms with Crippen molar-refractivity contribution >= 4 is 31.0 Å². The Morgan fingerprint density at radius 1 is 1.23 bits per heavy atom. The molecular formula is C8H6ClF3Se. The second-order valence-electron chi connectivity index (χ2n) is 2.28. The predicted octanol–water partition coefficient (Wildman–Crippen LogP) is 2.14. The molecule has 0 N–H and O–H groups in total. The Morgan fingerprint density at radius 3 is 2.23 bits per heavy atom. The van der Waals surface area contributed by atoms with Gasteiger partial charge in [-0.2, -0.15) is 0 Å². The number of benzene rings is 1. The van der Waals surface area contributed by atoms with Crippen LogP contribution in [0.5, 0.6) is 0 Å². The first-order chi connectivity index (χ1) is 6.02. The normalized spacial score (nSPS) is 14.2. The van der Waals surface area contributed by atoms with E-state index in [1.165, 1.54) is 12.1 Å². The average molecular weight is 274 g/mol. The third-order valence-corrected chi connectivity index (χ3v) is 3.89. The summed E-state index contributed by atoms with van der Waals surface area (Å²) < 4.78 is 38.1. The molecule has 0 radical (unpaired) electrons. The number of rotatable bonds is 3. The molecule has 0 fully saturated rings. The first-order valence-electron chi connectivity index (χ1n) is 3.42. The zero-order chi connectivity index (χ0) is 9.90. The minimum atomic E-state index is -3.43. The molecule has 0 heterocycles. The Bertz CT molecular complexity index is 263. The van der Waals surface area contributed by atoms with Crippen LogP contribution >= 0.6 is 11.6 Å². The molecule has 72 valence electrons. The molecule has 1 aromatic rings. The van der Waals surface area contributed by atoms with Gasteiger partial charge in [0.1, 0.15) is 0 Å². The molecule has 0 amide bonds. The van der Waals surface area contributed by atoms with Gasteiger partial charge in [0.15, 0.2) is 0 Å². The Kier molecular flexibility index (Phi) is 3.65. The Labute approximate surface area is 85.2 Å². The van der Waals surface area contributed by atoms with Crippen LogP contribution in [0.2, 0.25) is 0 Å². The quantitative estimate of drug-likeness (QED) is 0.585. The van der Waals surface area contributed by atoms with Crippen LogP contribution in [0.15, 0.2) is 30.3 Å². The van der Waals surface area contributed by atoms with E-state index in [9.17, 15) is 13.2 Å². The van der Waals surface area contributed by atoms with Gasteiger partial charge in [0.05, 0.1) is 0 Å². The summed E-state index contributed by atoms with van der Waals surface area (Å²) in [4.78, 5) is -3.43. The molecule has 1 unspecified atom stereocenters. The van der Waals surface area contributed by atoms with Gasteiger partial charge < -0.3 is 0 Å². The summed E-state index contributed by atoms with van der Waals surface area (Å²) in [6.45, 7) is 0. The van der Waals surface area contributed by atoms with E-state index in [1.54, 1.807) is 18.2 Å². The maximum absolute atomic E-state index is 12.8. The van der Waals surface area contributed by atoms with Crippen molar-refractivity contribution in [1.29, 1.82) is 0 Å². The van der Waals surface area contributed by atoms with Crippen molar-refractivity contribution in [3.8, 4) is 0 Å². The van der Waals surface area contributed by atoms with Gasteiger partial charge in [-0.25, -0.2) is 0 Å². The molecule has 5 heteroatoms. The molecule has 0 aromatic heterocycles. The van der Waals surface area contributed by atoms with Gasteiger partial charge in [0, 0.05) is 0 Å². The molecular weight excluding hydrogens is 267 g/mol. The van der Waals surface area contributed by atoms with Crippen LogP contribution in [0.4, 0.5) is 13.2 Å². The minimum absolute atomic E-state index is 0.434. The van der Waals surface area contributed by atoms with Crippen LogP contribution in [0, 0.1) is 0 Å². The summed E-state index contributed by atoms with van der Waals surface area (Å²) in [5, 5.41) is 0. The Hall–Kier alpha value is -0.181. The van der Waals surface area contributed by atoms with Gasteiger partial charge >= 0.3 is 85.0 Å². The monoisotopic (exact) mass is 274 g/mol. The van der Waals surface area contributed by atoms with Crippen molar-refractivity contribution < 1.29 is 13.2 Å². The molecule has 0 nitrogen and oxygen atoms in total. The summed E-state index contributed by atoms with van der Waals surface area (Å²) in [6.07, 6.45) is 0. The zero-order valence-electron chi connectivity index (χ0n) is 6.38. The van der Waals surface area contributed by atoms with E-state index in [4.69, 9.17) is 11.6 Å². The first kappa shape index (κ1) is 10.9. The number of hydrogen-bond acceptors (Lipinski definition) is 0. The Morgan fingerprint density at radius 2 is 1.77 bits per heavy atom. The van der Waals surface area contributed by atoms with E-state index in [1.807, 2.05) is 0 Å². The van der Waals surface area contributed by atoms with Gasteiger partial charge in [0.2, 0.25) is 0 Å². The topological polar surface area (TPSA) is 0 Å². The summed E-state index contributed by atoms with van der Waals surface area (Å²) in [6, 6.07) is 8.05. The number of alkyl halides is 4. The predicted molar refractivity (Wildman–Crippen MR) is 47.5 cm³/mol. The van der Waals surface area contributed by atoms with Crippen molar-refractivity contribution in [2.24, 2.45) is 0 Å². The molecule has 1 rings (SSSR count). The summed E-state index contributed by atoms with van der Waals surface area (Å²) in [7, 11) is 0. The van der Waals surface area contributed by atoms with Gasteiger partial charge in [-0.1, -0.05) is 0 Å². The SMILES string of the molecule is FC(Cl)C(F)(F)[Se]c1ccccc1. The van der Waals surface area contributed by atoms with E-state index in [0.29, 0.717) is 4.46 Å². The molecule has 1 aromatic carbocycles. The third-order valence-electron chi connectivity index (χ3n) is 1.25. The van der Waals surface area contributed by atoms with E-state index >= 15 is 0 Å². The van der Waals surface area contributed by atoms with Crippen LogP contribution in [0.25, 0.3) is 0 Å². The molecule has 0 spiro atoms. The molecule has 0 bridgehead atoms. The first-order valence-corrected chi connectivity index (χ1v) is 5.57. The van der Waals surface area contributed by atoms with Crippen LogP contribution in [-0.2, 0) is 0 Å². The van der Waals surface area contributed by atoms with E-state index in [0.717, 1.165) is 0 Å². The van der Waals surface area contributed by atoms with Crippen LogP contribution in [-0.4, -0.2) is 25.4 Å². The maximum atomic E-state index is 12.8. The fourth-order valence-electron chi connectivity index (χ4n) is 0.690. The second-order valence-corrected chi connectivity index (χ2v) is 5.22. The van der Waals surface area contributed by atoms with E-state index in [-0.39, 0.29) is 0 Å². The van der Waals surface area contributed by atoms with Gasteiger partial charge in [0.25, 0.3) is 0 Å². The van der Waals surface area contributed by atoms with Crippen LogP contribution < -0.4 is 4.46 Å². The molecule has 1 atom stereocenters. The van der Waals surface area contributed by atoms with Gasteiger partial charge in [-0.3, -0.25) is 0 Å². The number of halogens is 4. The van der Waals surface area contributed by atoms with Crippen molar-refractivity contribution in [3.63, 3.8) is 0 Å². The fourth-order valence-corrected chi connectivity index (χ4v) is 2.38. The standard InChI is InChI=1S/C8H6ClF3Se/c9-7(10)8(11,12)13-6-4-2-1-3-5-6/h1-5,7H. The number of hydrogen-bond donors (Lipinski definition) is 0. The van der Waals surface area contributed by atoms with Crippen molar-refractivity contribution in [2.75, 3.05) is 0 Å². The van der Waals surface area contributed by atoms with E-state index in [2.05, 4.69) is 0 Å². The van der Waals surface area contributed by atoms with Gasteiger partial charge in [-0.05, 0) is 0 Å². The van der Waals surface area contributed by atoms with Crippen molar-refractivity contribution in [1.82, 2.24) is 0 Å². The second kappa shape index (κ2) is 4.36. The average Bonchev–Trinajstić information content (AvgIpc) is 2.05. The third kappa shape index (κ3) is 3.22. The van der Waals surface area contributed by atoms with Crippen LogP contribution in [0.1, 0.15) is 0 Å². The molecule has 0 aliphatic rings. The molecule has 13 heavy (non-hydrogen) atoms. The van der Waals surface area contributed by atoms with Crippen molar-refractivity contribution in [2.45, 2.75) is 10.5 Å². The van der Waals surface area contributed by atoms with Crippen molar-refractivity contribution in [3.05, 3.63) is 30.3 Å².